The van der Waals surface area contributed by atoms with Crippen LogP contribution in [0.3, 0.4) is 0 Å². The van der Waals surface area contributed by atoms with Crippen LogP contribution in [0, 0.1) is 26.7 Å². The molecule has 0 spiro atoms. The van der Waals surface area contributed by atoms with Gasteiger partial charge >= 0.3 is 0 Å². The predicted molar refractivity (Wildman–Crippen MR) is 94.0 cm³/mol. The van der Waals surface area contributed by atoms with E-state index in [1.54, 1.807) is 11.0 Å². The van der Waals surface area contributed by atoms with Crippen molar-refractivity contribution in [3.8, 4) is 0 Å². The van der Waals surface area contributed by atoms with Gasteiger partial charge in [-0.2, -0.15) is 0 Å². The average molecular weight is 323 g/mol. The van der Waals surface area contributed by atoms with Gasteiger partial charge in [-0.3, -0.25) is 9.59 Å². The van der Waals surface area contributed by atoms with Crippen molar-refractivity contribution >= 4 is 23.3 Å². The zero-order chi connectivity index (χ0) is 17.3. The number of rotatable bonds is 3. The van der Waals surface area contributed by atoms with E-state index in [0.717, 1.165) is 16.9 Å². The molecule has 0 bridgehead atoms. The fourth-order valence-corrected chi connectivity index (χ4v) is 2.87. The van der Waals surface area contributed by atoms with Crippen LogP contribution < -0.4 is 10.2 Å². The van der Waals surface area contributed by atoms with Crippen LogP contribution in [0.2, 0.25) is 0 Å². The molecule has 0 radical (unpaired) electrons. The van der Waals surface area contributed by atoms with E-state index < -0.39 is 0 Å². The maximum absolute atomic E-state index is 12.4. The number of aromatic nitrogens is 1. The Morgan fingerprint density at radius 3 is 2.67 bits per heavy atom. The SMILES string of the molecule is Cc1cccc(NC(=O)C2CC(=O)N(c3ccc(C)c(C)c3)C2)n1. The molecule has 1 aliphatic heterocycles. The lowest BCUT2D eigenvalue weighted by molar-refractivity contribution is -0.122. The second-order valence-electron chi connectivity index (χ2n) is 6.33. The van der Waals surface area contributed by atoms with Gasteiger partial charge in [-0.15, -0.1) is 0 Å². The quantitative estimate of drug-likeness (QED) is 0.944. The highest BCUT2D eigenvalue weighted by molar-refractivity contribution is 6.03. The zero-order valence-corrected chi connectivity index (χ0v) is 14.2. The summed E-state index contributed by atoms with van der Waals surface area (Å²) in [7, 11) is 0. The molecule has 0 aliphatic carbocycles. The molecular formula is C19H21N3O2. The number of nitrogens with zero attached hydrogens (tertiary/aromatic N) is 2. The van der Waals surface area contributed by atoms with Crippen LogP contribution in [0.4, 0.5) is 11.5 Å². The van der Waals surface area contributed by atoms with E-state index in [-0.39, 0.29) is 24.2 Å². The molecule has 3 rings (SSSR count). The van der Waals surface area contributed by atoms with Crippen LogP contribution in [0.5, 0.6) is 0 Å². The summed E-state index contributed by atoms with van der Waals surface area (Å²) in [5.74, 6) is -0.0121. The Labute approximate surface area is 141 Å². The van der Waals surface area contributed by atoms with Crippen LogP contribution in [-0.4, -0.2) is 23.3 Å². The highest BCUT2D eigenvalue weighted by Crippen LogP contribution is 2.27. The second kappa shape index (κ2) is 6.43. The summed E-state index contributed by atoms with van der Waals surface area (Å²) in [6.07, 6.45) is 0.227. The molecule has 1 aromatic carbocycles. The third kappa shape index (κ3) is 3.30. The van der Waals surface area contributed by atoms with E-state index in [4.69, 9.17) is 0 Å². The lowest BCUT2D eigenvalue weighted by Crippen LogP contribution is -2.28. The monoisotopic (exact) mass is 323 g/mol. The number of aryl methyl sites for hydroxylation is 3. The van der Waals surface area contributed by atoms with Gasteiger partial charge in [-0.1, -0.05) is 12.1 Å². The van der Waals surface area contributed by atoms with Gasteiger partial charge in [0.1, 0.15) is 5.82 Å². The number of hydrogen-bond acceptors (Lipinski definition) is 3. The number of anilines is 2. The number of amides is 2. The van der Waals surface area contributed by atoms with Crippen LogP contribution >= 0.6 is 0 Å². The lowest BCUT2D eigenvalue weighted by Gasteiger charge is -2.18. The number of pyridine rings is 1. The Hall–Kier alpha value is -2.69. The molecule has 1 fully saturated rings. The molecule has 1 unspecified atom stereocenters. The van der Waals surface area contributed by atoms with Gasteiger partial charge < -0.3 is 10.2 Å². The van der Waals surface area contributed by atoms with Crippen molar-refractivity contribution in [2.24, 2.45) is 5.92 Å². The molecule has 0 saturated carbocycles. The molecule has 1 aromatic heterocycles. The van der Waals surface area contributed by atoms with Crippen molar-refractivity contribution in [1.82, 2.24) is 4.98 Å². The average Bonchev–Trinajstić information content (AvgIpc) is 2.92. The van der Waals surface area contributed by atoms with Gasteiger partial charge in [0, 0.05) is 24.3 Å². The minimum absolute atomic E-state index is 0.0180. The summed E-state index contributed by atoms with van der Waals surface area (Å²) in [5.41, 5.74) is 4.02. The van der Waals surface area contributed by atoms with Gasteiger partial charge in [-0.05, 0) is 56.2 Å². The molecule has 1 aliphatic rings. The Balaban J connectivity index is 1.72. The first-order valence-electron chi connectivity index (χ1n) is 8.06. The molecule has 2 heterocycles. The molecule has 24 heavy (non-hydrogen) atoms. The molecule has 1 atom stereocenters. The molecular weight excluding hydrogens is 302 g/mol. The van der Waals surface area contributed by atoms with Crippen molar-refractivity contribution in [3.05, 3.63) is 53.2 Å². The molecule has 1 N–H and O–H groups in total. The molecule has 124 valence electrons. The number of carbonyl (C=O) groups excluding carboxylic acids is 2. The molecule has 1 saturated heterocycles. The van der Waals surface area contributed by atoms with E-state index in [1.807, 2.05) is 51.1 Å². The zero-order valence-electron chi connectivity index (χ0n) is 14.2. The first-order chi connectivity index (χ1) is 11.4. The van der Waals surface area contributed by atoms with E-state index in [0.29, 0.717) is 12.4 Å². The van der Waals surface area contributed by atoms with Crippen LogP contribution in [0.1, 0.15) is 23.2 Å². The van der Waals surface area contributed by atoms with Gasteiger partial charge in [0.25, 0.3) is 0 Å². The van der Waals surface area contributed by atoms with E-state index in [2.05, 4.69) is 10.3 Å². The fraction of sp³-hybridized carbons (Fsp3) is 0.316. The first-order valence-corrected chi connectivity index (χ1v) is 8.06. The molecule has 5 nitrogen and oxygen atoms in total. The second-order valence-corrected chi connectivity index (χ2v) is 6.33. The topological polar surface area (TPSA) is 62.3 Å². The van der Waals surface area contributed by atoms with Crippen LogP contribution in [0.25, 0.3) is 0 Å². The van der Waals surface area contributed by atoms with Crippen molar-refractivity contribution < 1.29 is 9.59 Å². The molecule has 2 aromatic rings. The molecule has 2 amide bonds. The van der Waals surface area contributed by atoms with E-state index >= 15 is 0 Å². The summed E-state index contributed by atoms with van der Waals surface area (Å²) >= 11 is 0. The van der Waals surface area contributed by atoms with Gasteiger partial charge in [-0.25, -0.2) is 4.98 Å². The van der Waals surface area contributed by atoms with Gasteiger partial charge in [0.2, 0.25) is 11.8 Å². The summed E-state index contributed by atoms with van der Waals surface area (Å²) in [6, 6.07) is 11.4. The van der Waals surface area contributed by atoms with Crippen molar-refractivity contribution in [1.29, 1.82) is 0 Å². The normalized spacial score (nSPS) is 17.2. The predicted octanol–water partition coefficient (Wildman–Crippen LogP) is 3.00. The maximum atomic E-state index is 12.4. The number of carbonyl (C=O) groups is 2. The largest absolute Gasteiger partial charge is 0.312 e. The summed E-state index contributed by atoms with van der Waals surface area (Å²) < 4.78 is 0. The van der Waals surface area contributed by atoms with Crippen LogP contribution in [-0.2, 0) is 9.59 Å². The maximum Gasteiger partial charge on any atom is 0.230 e. The number of hydrogen-bond donors (Lipinski definition) is 1. The number of nitrogens with one attached hydrogen (secondary N) is 1. The van der Waals surface area contributed by atoms with E-state index in [1.165, 1.54) is 5.56 Å². The Kier molecular flexibility index (Phi) is 4.34. The van der Waals surface area contributed by atoms with Crippen molar-refractivity contribution in [2.45, 2.75) is 27.2 Å². The van der Waals surface area contributed by atoms with Crippen molar-refractivity contribution in [3.63, 3.8) is 0 Å². The highest BCUT2D eigenvalue weighted by atomic mass is 16.2. The minimum Gasteiger partial charge on any atom is -0.312 e. The van der Waals surface area contributed by atoms with Gasteiger partial charge in [0.15, 0.2) is 0 Å². The summed E-state index contributed by atoms with van der Waals surface area (Å²) in [6.45, 7) is 6.33. The highest BCUT2D eigenvalue weighted by Gasteiger charge is 2.35. The Bertz CT molecular complexity index is 801. The van der Waals surface area contributed by atoms with Crippen LogP contribution in [0.15, 0.2) is 36.4 Å². The standard InChI is InChI=1S/C19H21N3O2/c1-12-7-8-16(9-13(12)2)22-11-15(10-18(22)23)19(24)21-17-6-4-5-14(3)20-17/h4-9,15H,10-11H2,1-3H3,(H,20,21,24). The fourth-order valence-electron chi connectivity index (χ4n) is 2.87. The Morgan fingerprint density at radius 2 is 1.96 bits per heavy atom. The lowest BCUT2D eigenvalue weighted by atomic mass is 10.1. The third-order valence-electron chi connectivity index (χ3n) is 4.44. The van der Waals surface area contributed by atoms with E-state index in [9.17, 15) is 9.59 Å². The number of benzene rings is 1. The molecule has 5 heteroatoms. The minimum atomic E-state index is -0.360. The van der Waals surface area contributed by atoms with Crippen molar-refractivity contribution in [2.75, 3.05) is 16.8 Å². The smallest absolute Gasteiger partial charge is 0.230 e. The first kappa shape index (κ1) is 16.2. The summed E-state index contributed by atoms with van der Waals surface area (Å²) in [4.78, 5) is 30.7. The Morgan fingerprint density at radius 1 is 1.17 bits per heavy atom. The summed E-state index contributed by atoms with van der Waals surface area (Å²) in [5, 5.41) is 2.81. The van der Waals surface area contributed by atoms with Gasteiger partial charge in [0.05, 0.1) is 5.92 Å². The third-order valence-corrected chi connectivity index (χ3v) is 4.44.